The van der Waals surface area contributed by atoms with Crippen LogP contribution >= 0.6 is 10.7 Å². The van der Waals surface area contributed by atoms with Crippen molar-refractivity contribution < 1.29 is 13.2 Å². The second-order valence-corrected chi connectivity index (χ2v) is 6.68. The van der Waals surface area contributed by atoms with E-state index in [1.165, 1.54) is 0 Å². The molecule has 0 atom stereocenters. The molecule has 2 saturated heterocycles. The van der Waals surface area contributed by atoms with E-state index in [-0.39, 0.29) is 5.75 Å². The van der Waals surface area contributed by atoms with Crippen molar-refractivity contribution in [3.05, 3.63) is 0 Å². The molecule has 4 nitrogen and oxygen atoms in total. The fourth-order valence-electron chi connectivity index (χ4n) is 2.25. The first-order chi connectivity index (χ1) is 5.89. The van der Waals surface area contributed by atoms with Crippen LogP contribution in [0.1, 0.15) is 12.8 Å². The van der Waals surface area contributed by atoms with Gasteiger partial charge in [0.25, 0.3) is 0 Å². The minimum Gasteiger partial charge on any atom is -0.372 e. The Balaban J connectivity index is 2.12. The molecule has 0 radical (unpaired) electrons. The molecule has 3 aliphatic rings. The smallest absolute Gasteiger partial charge is 0.235 e. The van der Waals surface area contributed by atoms with E-state index >= 15 is 0 Å². The van der Waals surface area contributed by atoms with Crippen molar-refractivity contribution in [1.29, 1.82) is 5.26 Å². The standard InChI is InChI=1S/C7H8ClNO3S/c8-13(10,11)5-7-1-6(2-7,3-9)4-12-7/h1-2,4-5H2. The summed E-state index contributed by atoms with van der Waals surface area (Å²) in [6.07, 6.45) is 1.00. The van der Waals surface area contributed by atoms with Gasteiger partial charge in [-0.3, -0.25) is 0 Å². The quantitative estimate of drug-likeness (QED) is 0.642. The summed E-state index contributed by atoms with van der Waals surface area (Å²) >= 11 is 0. The van der Waals surface area contributed by atoms with Crippen LogP contribution in [0.25, 0.3) is 0 Å². The van der Waals surface area contributed by atoms with Crippen molar-refractivity contribution in [1.82, 2.24) is 0 Å². The molecular formula is C7H8ClNO3S. The summed E-state index contributed by atoms with van der Waals surface area (Å²) in [7, 11) is 1.60. The molecule has 2 aliphatic heterocycles. The molecule has 72 valence electrons. The van der Waals surface area contributed by atoms with E-state index in [2.05, 4.69) is 6.07 Å². The Hall–Kier alpha value is -0.310. The number of ether oxygens (including phenoxy) is 1. The largest absolute Gasteiger partial charge is 0.372 e. The fourth-order valence-corrected chi connectivity index (χ4v) is 3.76. The van der Waals surface area contributed by atoms with Gasteiger partial charge in [-0.05, 0) is 12.8 Å². The summed E-state index contributed by atoms with van der Waals surface area (Å²) in [4.78, 5) is 0. The van der Waals surface area contributed by atoms with Gasteiger partial charge in [-0.2, -0.15) is 5.26 Å². The first kappa shape index (κ1) is 9.25. The number of fused-ring (bicyclic) bond motifs is 1. The number of hydrogen-bond donors (Lipinski definition) is 0. The highest BCUT2D eigenvalue weighted by Gasteiger charge is 2.64. The van der Waals surface area contributed by atoms with Crippen molar-refractivity contribution in [2.45, 2.75) is 18.4 Å². The number of rotatable bonds is 2. The molecule has 0 aromatic carbocycles. The Morgan fingerprint density at radius 3 is 2.54 bits per heavy atom. The van der Waals surface area contributed by atoms with Crippen LogP contribution in [0.4, 0.5) is 0 Å². The number of hydrogen-bond acceptors (Lipinski definition) is 4. The van der Waals surface area contributed by atoms with E-state index in [1.54, 1.807) is 0 Å². The van der Waals surface area contributed by atoms with Crippen LogP contribution in [-0.4, -0.2) is 26.4 Å². The minimum absolute atomic E-state index is 0.176. The zero-order chi connectivity index (χ0) is 9.74. The third-order valence-electron chi connectivity index (χ3n) is 2.65. The molecule has 1 saturated carbocycles. The average molecular weight is 222 g/mol. The van der Waals surface area contributed by atoms with Gasteiger partial charge in [-0.15, -0.1) is 0 Å². The van der Waals surface area contributed by atoms with Crippen molar-refractivity contribution in [3.63, 3.8) is 0 Å². The Kier molecular flexibility index (Phi) is 1.69. The van der Waals surface area contributed by atoms with Crippen LogP contribution in [-0.2, 0) is 13.8 Å². The second-order valence-electron chi connectivity index (χ2n) is 3.90. The van der Waals surface area contributed by atoms with Gasteiger partial charge < -0.3 is 4.74 Å². The molecule has 2 heterocycles. The monoisotopic (exact) mass is 221 g/mol. The molecule has 0 unspecified atom stereocenters. The molecular weight excluding hydrogens is 214 g/mol. The lowest BCUT2D eigenvalue weighted by Crippen LogP contribution is -2.47. The van der Waals surface area contributed by atoms with Gasteiger partial charge in [0.05, 0.1) is 29.4 Å². The van der Waals surface area contributed by atoms with Gasteiger partial charge in [-0.1, -0.05) is 0 Å². The van der Waals surface area contributed by atoms with Gasteiger partial charge in [0.1, 0.15) is 0 Å². The van der Waals surface area contributed by atoms with Crippen LogP contribution in [0, 0.1) is 16.7 Å². The van der Waals surface area contributed by atoms with E-state index < -0.39 is 20.1 Å². The summed E-state index contributed by atoms with van der Waals surface area (Å²) < 4.78 is 26.9. The molecule has 2 bridgehead atoms. The highest BCUT2D eigenvalue weighted by Crippen LogP contribution is 2.57. The van der Waals surface area contributed by atoms with Crippen LogP contribution in [0.3, 0.4) is 0 Å². The van der Waals surface area contributed by atoms with Gasteiger partial charge in [0.15, 0.2) is 0 Å². The third-order valence-corrected chi connectivity index (χ3v) is 3.85. The maximum absolute atomic E-state index is 10.8. The summed E-state index contributed by atoms with van der Waals surface area (Å²) in [5.41, 5.74) is -1.09. The zero-order valence-corrected chi connectivity index (χ0v) is 8.36. The summed E-state index contributed by atoms with van der Waals surface area (Å²) in [6.45, 7) is 0.343. The molecule has 0 spiro atoms. The molecule has 3 rings (SSSR count). The van der Waals surface area contributed by atoms with Crippen molar-refractivity contribution in [2.75, 3.05) is 12.4 Å². The Morgan fingerprint density at radius 1 is 1.54 bits per heavy atom. The van der Waals surface area contributed by atoms with E-state index in [0.717, 1.165) is 0 Å². The predicted molar refractivity (Wildman–Crippen MR) is 45.6 cm³/mol. The molecule has 6 heteroatoms. The zero-order valence-electron chi connectivity index (χ0n) is 6.79. The van der Waals surface area contributed by atoms with E-state index in [4.69, 9.17) is 20.7 Å². The van der Waals surface area contributed by atoms with Crippen molar-refractivity contribution >= 4 is 19.7 Å². The summed E-state index contributed by atoms with van der Waals surface area (Å²) in [6, 6.07) is 2.15. The second kappa shape index (κ2) is 2.38. The topological polar surface area (TPSA) is 67.2 Å². The van der Waals surface area contributed by atoms with Gasteiger partial charge >= 0.3 is 0 Å². The van der Waals surface area contributed by atoms with Gasteiger partial charge in [0, 0.05) is 10.7 Å². The van der Waals surface area contributed by atoms with Gasteiger partial charge in [0.2, 0.25) is 9.05 Å². The van der Waals surface area contributed by atoms with E-state index in [1.807, 2.05) is 0 Å². The Bertz CT molecular complexity index is 377. The van der Waals surface area contributed by atoms with Crippen LogP contribution < -0.4 is 0 Å². The molecule has 3 fully saturated rings. The van der Waals surface area contributed by atoms with Crippen molar-refractivity contribution in [2.24, 2.45) is 5.41 Å². The molecule has 13 heavy (non-hydrogen) atoms. The molecule has 0 aromatic heterocycles. The Morgan fingerprint density at radius 2 is 2.15 bits per heavy atom. The summed E-state index contributed by atoms with van der Waals surface area (Å²) in [5.74, 6) is -0.176. The maximum Gasteiger partial charge on any atom is 0.235 e. The lowest BCUT2D eigenvalue weighted by Gasteiger charge is -2.39. The Labute approximate surface area is 80.9 Å². The van der Waals surface area contributed by atoms with Crippen LogP contribution in [0.2, 0.25) is 0 Å². The molecule has 0 amide bonds. The van der Waals surface area contributed by atoms with Crippen molar-refractivity contribution in [3.8, 4) is 6.07 Å². The molecule has 0 N–H and O–H groups in total. The number of nitriles is 1. The number of halogens is 1. The third kappa shape index (κ3) is 1.43. The highest BCUT2D eigenvalue weighted by atomic mass is 35.7. The van der Waals surface area contributed by atoms with Crippen LogP contribution in [0.15, 0.2) is 0 Å². The highest BCUT2D eigenvalue weighted by molar-refractivity contribution is 8.13. The predicted octanol–water partition coefficient (Wildman–Crippen LogP) is 0.628. The molecule has 0 aromatic rings. The maximum atomic E-state index is 10.8. The van der Waals surface area contributed by atoms with Crippen LogP contribution in [0.5, 0.6) is 0 Å². The fraction of sp³-hybridized carbons (Fsp3) is 0.857. The summed E-state index contributed by atoms with van der Waals surface area (Å²) in [5, 5.41) is 8.76. The lowest BCUT2D eigenvalue weighted by atomic mass is 9.64. The lowest BCUT2D eigenvalue weighted by molar-refractivity contribution is 0.0164. The SMILES string of the molecule is N#CC12COC(CS(=O)(=O)Cl)(C1)C2. The average Bonchev–Trinajstić information content (AvgIpc) is 2.38. The van der Waals surface area contributed by atoms with Gasteiger partial charge in [-0.25, -0.2) is 8.42 Å². The first-order valence-electron chi connectivity index (χ1n) is 3.86. The van der Waals surface area contributed by atoms with E-state index in [0.29, 0.717) is 19.4 Å². The molecule has 1 aliphatic carbocycles. The number of nitrogens with zero attached hydrogens (tertiary/aromatic N) is 1. The normalized spacial score (nSPS) is 42.5. The van der Waals surface area contributed by atoms with E-state index in [9.17, 15) is 8.42 Å². The minimum atomic E-state index is -3.53. The first-order valence-corrected chi connectivity index (χ1v) is 6.34.